The molecule has 2 aromatic rings. The first-order valence-corrected chi connectivity index (χ1v) is 7.73. The smallest absolute Gasteiger partial charge is 0.199 e. The molecule has 18 heavy (non-hydrogen) atoms. The normalized spacial score (nSPS) is 12.7. The maximum atomic E-state index is 12.1. The van der Waals surface area contributed by atoms with E-state index in [0.717, 1.165) is 10.4 Å². The summed E-state index contributed by atoms with van der Waals surface area (Å²) in [6.45, 7) is 3.62. The van der Waals surface area contributed by atoms with E-state index >= 15 is 0 Å². The molecule has 0 radical (unpaired) electrons. The van der Waals surface area contributed by atoms with E-state index in [0.29, 0.717) is 5.71 Å². The Morgan fingerprint density at radius 1 is 1.17 bits per heavy atom. The van der Waals surface area contributed by atoms with E-state index in [-0.39, 0.29) is 4.90 Å². The van der Waals surface area contributed by atoms with Crippen LogP contribution < -0.4 is 0 Å². The Hall–Kier alpha value is -1.46. The molecular weight excluding hydrogens is 266 g/mol. The molecule has 1 aromatic carbocycles. The topological polar surface area (TPSA) is 46.5 Å². The fourth-order valence-corrected chi connectivity index (χ4v) is 3.25. The lowest BCUT2D eigenvalue weighted by atomic mass is 10.2. The Kier molecular flexibility index (Phi) is 3.63. The predicted molar refractivity (Wildman–Crippen MR) is 74.9 cm³/mol. The minimum atomic E-state index is -3.61. The first kappa shape index (κ1) is 13.0. The van der Waals surface area contributed by atoms with Gasteiger partial charge in [0.2, 0.25) is 0 Å². The Labute approximate surface area is 111 Å². The van der Waals surface area contributed by atoms with Crippen molar-refractivity contribution in [1.29, 1.82) is 0 Å². The maximum Gasteiger partial charge on any atom is 0.282 e. The highest BCUT2D eigenvalue weighted by Gasteiger charge is 2.13. The first-order valence-electron chi connectivity index (χ1n) is 5.41. The van der Waals surface area contributed by atoms with Gasteiger partial charge in [-0.2, -0.15) is 12.8 Å². The molecule has 0 aliphatic rings. The molecule has 0 fully saturated rings. The average Bonchev–Trinajstić information content (AvgIpc) is 2.82. The number of aryl methyl sites for hydroxylation is 1. The molecule has 3 nitrogen and oxygen atoms in total. The monoisotopic (exact) mass is 279 g/mol. The van der Waals surface area contributed by atoms with Crippen LogP contribution in [0, 0.1) is 6.92 Å². The lowest BCUT2D eigenvalue weighted by Crippen LogP contribution is -2.02. The van der Waals surface area contributed by atoms with Gasteiger partial charge in [0.15, 0.2) is 0 Å². The van der Waals surface area contributed by atoms with E-state index in [9.17, 15) is 8.42 Å². The Morgan fingerprint density at radius 2 is 1.83 bits per heavy atom. The van der Waals surface area contributed by atoms with Gasteiger partial charge in [-0.1, -0.05) is 23.8 Å². The number of sulfonamides is 1. The van der Waals surface area contributed by atoms with Gasteiger partial charge in [0.05, 0.1) is 10.6 Å². The maximum absolute atomic E-state index is 12.1. The molecule has 0 saturated carbocycles. The van der Waals surface area contributed by atoms with Crippen LogP contribution in [0.25, 0.3) is 0 Å². The van der Waals surface area contributed by atoms with Crippen molar-refractivity contribution in [2.75, 3.05) is 0 Å². The molecule has 0 N–H and O–H groups in total. The zero-order valence-corrected chi connectivity index (χ0v) is 11.8. The minimum absolute atomic E-state index is 0.226. The summed E-state index contributed by atoms with van der Waals surface area (Å²) in [7, 11) is -3.61. The van der Waals surface area contributed by atoms with Crippen molar-refractivity contribution in [3.63, 3.8) is 0 Å². The van der Waals surface area contributed by atoms with Crippen molar-refractivity contribution in [3.8, 4) is 0 Å². The number of hydrogen-bond acceptors (Lipinski definition) is 3. The summed E-state index contributed by atoms with van der Waals surface area (Å²) in [6, 6.07) is 10.4. The van der Waals surface area contributed by atoms with Crippen molar-refractivity contribution in [3.05, 3.63) is 52.2 Å². The standard InChI is InChI=1S/C13H13NO2S2/c1-10-5-7-12(8-6-10)18(15,16)14-11(2)13-4-3-9-17-13/h3-9H,1-2H3. The summed E-state index contributed by atoms with van der Waals surface area (Å²) in [5.41, 5.74) is 1.54. The van der Waals surface area contributed by atoms with Crippen LogP contribution in [0.15, 0.2) is 51.1 Å². The average molecular weight is 279 g/mol. The summed E-state index contributed by atoms with van der Waals surface area (Å²) in [5, 5.41) is 1.90. The molecule has 2 rings (SSSR count). The quantitative estimate of drug-likeness (QED) is 0.810. The minimum Gasteiger partial charge on any atom is -0.199 e. The number of benzene rings is 1. The highest BCUT2D eigenvalue weighted by molar-refractivity contribution is 7.90. The third-order valence-corrected chi connectivity index (χ3v) is 4.81. The van der Waals surface area contributed by atoms with Crippen LogP contribution >= 0.6 is 11.3 Å². The molecule has 1 heterocycles. The van der Waals surface area contributed by atoms with E-state index in [1.165, 1.54) is 11.3 Å². The summed E-state index contributed by atoms with van der Waals surface area (Å²) >= 11 is 1.47. The van der Waals surface area contributed by atoms with Gasteiger partial charge in [0, 0.05) is 4.88 Å². The molecule has 0 aliphatic carbocycles. The zero-order chi connectivity index (χ0) is 13.2. The van der Waals surface area contributed by atoms with Crippen molar-refractivity contribution in [2.24, 2.45) is 4.40 Å². The second-order valence-corrected chi connectivity index (χ2v) is 6.49. The number of thiophene rings is 1. The van der Waals surface area contributed by atoms with Crippen LogP contribution in [-0.4, -0.2) is 14.1 Å². The summed E-state index contributed by atoms with van der Waals surface area (Å²) < 4.78 is 28.0. The summed E-state index contributed by atoms with van der Waals surface area (Å²) in [6.07, 6.45) is 0. The lowest BCUT2D eigenvalue weighted by molar-refractivity contribution is 0.598. The molecule has 0 spiro atoms. The Balaban J connectivity index is 2.38. The molecular formula is C13H13NO2S2. The van der Waals surface area contributed by atoms with Gasteiger partial charge in [-0.25, -0.2) is 0 Å². The van der Waals surface area contributed by atoms with Crippen LogP contribution in [0.1, 0.15) is 17.4 Å². The Morgan fingerprint density at radius 3 is 2.39 bits per heavy atom. The van der Waals surface area contributed by atoms with Gasteiger partial charge in [-0.15, -0.1) is 11.3 Å². The van der Waals surface area contributed by atoms with E-state index in [1.54, 1.807) is 31.2 Å². The van der Waals surface area contributed by atoms with E-state index in [4.69, 9.17) is 0 Å². The van der Waals surface area contributed by atoms with Gasteiger partial charge in [0.25, 0.3) is 10.0 Å². The molecule has 0 unspecified atom stereocenters. The second kappa shape index (κ2) is 5.04. The van der Waals surface area contributed by atoms with Crippen LogP contribution in [0.3, 0.4) is 0 Å². The van der Waals surface area contributed by atoms with Crippen molar-refractivity contribution >= 4 is 27.1 Å². The molecule has 0 aliphatic heterocycles. The van der Waals surface area contributed by atoms with Gasteiger partial charge in [0.1, 0.15) is 0 Å². The van der Waals surface area contributed by atoms with Crippen LogP contribution in [0.2, 0.25) is 0 Å². The largest absolute Gasteiger partial charge is 0.282 e. The van der Waals surface area contributed by atoms with Gasteiger partial charge in [-0.05, 0) is 37.4 Å². The van der Waals surface area contributed by atoms with Crippen LogP contribution in [0.4, 0.5) is 0 Å². The first-order chi connectivity index (χ1) is 8.49. The molecule has 94 valence electrons. The van der Waals surface area contributed by atoms with Crippen molar-refractivity contribution in [2.45, 2.75) is 18.7 Å². The van der Waals surface area contributed by atoms with Gasteiger partial charge >= 0.3 is 0 Å². The number of hydrogen-bond donors (Lipinski definition) is 0. The fourth-order valence-electron chi connectivity index (χ4n) is 1.47. The van der Waals surface area contributed by atoms with Crippen molar-refractivity contribution in [1.82, 2.24) is 0 Å². The molecule has 0 amide bonds. The summed E-state index contributed by atoms with van der Waals surface area (Å²) in [4.78, 5) is 1.09. The molecule has 5 heteroatoms. The SMILES string of the molecule is CC(=NS(=O)(=O)c1ccc(C)cc1)c1cccs1. The number of rotatable bonds is 3. The summed E-state index contributed by atoms with van der Waals surface area (Å²) in [5.74, 6) is 0. The fraction of sp³-hybridized carbons (Fsp3) is 0.154. The highest BCUT2D eigenvalue weighted by Crippen LogP contribution is 2.16. The van der Waals surface area contributed by atoms with Crippen LogP contribution in [-0.2, 0) is 10.0 Å². The van der Waals surface area contributed by atoms with E-state index in [2.05, 4.69) is 4.40 Å². The molecule has 0 bridgehead atoms. The highest BCUT2D eigenvalue weighted by atomic mass is 32.2. The number of nitrogens with zero attached hydrogens (tertiary/aromatic N) is 1. The zero-order valence-electron chi connectivity index (χ0n) is 10.1. The van der Waals surface area contributed by atoms with Crippen molar-refractivity contribution < 1.29 is 8.42 Å². The van der Waals surface area contributed by atoms with E-state index in [1.807, 2.05) is 24.4 Å². The van der Waals surface area contributed by atoms with Gasteiger partial charge < -0.3 is 0 Å². The molecule has 0 atom stereocenters. The van der Waals surface area contributed by atoms with Crippen LogP contribution in [0.5, 0.6) is 0 Å². The molecule has 1 aromatic heterocycles. The van der Waals surface area contributed by atoms with Gasteiger partial charge in [-0.3, -0.25) is 0 Å². The third-order valence-electron chi connectivity index (χ3n) is 2.45. The Bertz CT molecular complexity index is 654. The predicted octanol–water partition coefficient (Wildman–Crippen LogP) is 3.25. The third kappa shape index (κ3) is 2.86. The molecule has 0 saturated heterocycles. The lowest BCUT2D eigenvalue weighted by Gasteiger charge is -2.01. The second-order valence-electron chi connectivity index (χ2n) is 3.94. The van der Waals surface area contributed by atoms with E-state index < -0.39 is 10.0 Å².